The molecule has 0 unspecified atom stereocenters. The summed E-state index contributed by atoms with van der Waals surface area (Å²) in [4.78, 5) is 31.1. The third-order valence-corrected chi connectivity index (χ3v) is 4.72. The number of anilines is 2. The molecule has 1 amide bonds. The molecule has 0 radical (unpaired) electrons. The second kappa shape index (κ2) is 8.05. The first-order valence-corrected chi connectivity index (χ1v) is 9.06. The maximum Gasteiger partial charge on any atom is 0.277 e. The summed E-state index contributed by atoms with van der Waals surface area (Å²) in [6.45, 7) is 2.00. The number of thioether (sulfide) groups is 1. The van der Waals surface area contributed by atoms with Gasteiger partial charge in [0.1, 0.15) is 11.5 Å². The summed E-state index contributed by atoms with van der Waals surface area (Å²) in [5.74, 6) is -0.992. The molecule has 0 aliphatic carbocycles. The zero-order valence-electron chi connectivity index (χ0n) is 14.5. The van der Waals surface area contributed by atoms with Gasteiger partial charge in [0.05, 0.1) is 5.56 Å². The highest BCUT2D eigenvalue weighted by Gasteiger charge is 2.16. The zero-order valence-corrected chi connectivity index (χ0v) is 15.3. The fourth-order valence-corrected chi connectivity index (χ4v) is 3.14. The summed E-state index contributed by atoms with van der Waals surface area (Å²) >= 11 is 1.31. The van der Waals surface area contributed by atoms with Crippen LogP contribution in [-0.4, -0.2) is 15.9 Å². The van der Waals surface area contributed by atoms with E-state index in [2.05, 4.69) is 15.3 Å². The van der Waals surface area contributed by atoms with Crippen molar-refractivity contribution in [2.75, 3.05) is 11.1 Å². The van der Waals surface area contributed by atoms with Gasteiger partial charge in [-0.2, -0.15) is 0 Å². The van der Waals surface area contributed by atoms with E-state index in [1.807, 2.05) is 31.2 Å². The molecular formula is C19H17FN4O2S. The van der Waals surface area contributed by atoms with Gasteiger partial charge in [0, 0.05) is 5.75 Å². The highest BCUT2D eigenvalue weighted by Crippen LogP contribution is 2.21. The number of aromatic amines is 1. The van der Waals surface area contributed by atoms with Crippen LogP contribution in [0.25, 0.3) is 0 Å². The molecule has 0 aliphatic heterocycles. The van der Waals surface area contributed by atoms with Crippen molar-refractivity contribution in [2.45, 2.75) is 17.8 Å². The van der Waals surface area contributed by atoms with Gasteiger partial charge in [-0.05, 0) is 24.6 Å². The van der Waals surface area contributed by atoms with E-state index in [1.54, 1.807) is 0 Å². The monoisotopic (exact) mass is 384 g/mol. The average molecular weight is 384 g/mol. The summed E-state index contributed by atoms with van der Waals surface area (Å²) in [5, 5.41) is 2.66. The number of carbonyl (C=O) groups is 1. The minimum absolute atomic E-state index is 0.130. The van der Waals surface area contributed by atoms with Crippen LogP contribution in [0, 0.1) is 12.7 Å². The highest BCUT2D eigenvalue weighted by atomic mass is 32.2. The molecule has 0 bridgehead atoms. The second-order valence-electron chi connectivity index (χ2n) is 5.84. The first-order valence-electron chi connectivity index (χ1n) is 8.08. The summed E-state index contributed by atoms with van der Waals surface area (Å²) in [7, 11) is 0. The standard InChI is InChI=1S/C19H17FN4O2S/c1-11-6-8-12(9-7-11)10-27-19-23-16(21)15(18(26)24-19)22-17(25)13-4-2-3-5-14(13)20/h2-9H,10H2,1H3,(H,22,25)(H3,21,23,24,26). The Kier molecular flexibility index (Phi) is 5.56. The number of nitrogens with zero attached hydrogens (tertiary/aromatic N) is 1. The zero-order chi connectivity index (χ0) is 19.4. The van der Waals surface area contributed by atoms with Crippen molar-refractivity contribution in [1.82, 2.24) is 9.97 Å². The lowest BCUT2D eigenvalue weighted by Crippen LogP contribution is -2.23. The number of halogens is 1. The van der Waals surface area contributed by atoms with Gasteiger partial charge in [0.25, 0.3) is 11.5 Å². The Hall–Kier alpha value is -3.13. The molecule has 0 saturated heterocycles. The van der Waals surface area contributed by atoms with Gasteiger partial charge in [-0.3, -0.25) is 14.6 Å². The lowest BCUT2D eigenvalue weighted by Gasteiger charge is -2.09. The van der Waals surface area contributed by atoms with E-state index in [-0.39, 0.29) is 17.1 Å². The molecule has 0 saturated carbocycles. The summed E-state index contributed by atoms with van der Waals surface area (Å²) in [5.41, 5.74) is 7.07. The van der Waals surface area contributed by atoms with Crippen LogP contribution in [0.4, 0.5) is 15.9 Å². The Labute approximate surface area is 159 Å². The number of nitrogen functional groups attached to an aromatic ring is 1. The quantitative estimate of drug-likeness (QED) is 0.463. The Bertz CT molecular complexity index is 1030. The predicted octanol–water partition coefficient (Wildman–Crippen LogP) is 3.34. The molecule has 3 aromatic rings. The van der Waals surface area contributed by atoms with Crippen molar-refractivity contribution in [3.8, 4) is 0 Å². The van der Waals surface area contributed by atoms with E-state index in [1.165, 1.54) is 30.0 Å². The third kappa shape index (κ3) is 4.53. The number of carbonyl (C=O) groups excluding carboxylic acids is 1. The van der Waals surface area contributed by atoms with Crippen LogP contribution in [0.2, 0.25) is 0 Å². The molecule has 0 spiro atoms. The smallest absolute Gasteiger partial charge is 0.277 e. The van der Waals surface area contributed by atoms with E-state index in [0.717, 1.165) is 17.2 Å². The molecule has 3 rings (SSSR count). The molecule has 6 nitrogen and oxygen atoms in total. The molecule has 2 aromatic carbocycles. The first kappa shape index (κ1) is 18.7. The Morgan fingerprint density at radius 2 is 1.93 bits per heavy atom. The largest absolute Gasteiger partial charge is 0.382 e. The SMILES string of the molecule is Cc1ccc(CSc2nc(N)c(NC(=O)c3ccccc3F)c(=O)[nH]2)cc1. The fourth-order valence-electron chi connectivity index (χ4n) is 2.32. The molecule has 0 atom stereocenters. The fraction of sp³-hybridized carbons (Fsp3) is 0.105. The van der Waals surface area contributed by atoms with E-state index < -0.39 is 17.3 Å². The number of amides is 1. The number of hydrogen-bond acceptors (Lipinski definition) is 5. The van der Waals surface area contributed by atoms with Crippen molar-refractivity contribution in [3.63, 3.8) is 0 Å². The first-order chi connectivity index (χ1) is 12.9. The number of aryl methyl sites for hydroxylation is 1. The van der Waals surface area contributed by atoms with Crippen molar-refractivity contribution in [1.29, 1.82) is 0 Å². The average Bonchev–Trinajstić information content (AvgIpc) is 2.64. The van der Waals surface area contributed by atoms with Crippen LogP contribution in [0.15, 0.2) is 58.5 Å². The van der Waals surface area contributed by atoms with Gasteiger partial charge in [-0.25, -0.2) is 9.37 Å². The summed E-state index contributed by atoms with van der Waals surface area (Å²) < 4.78 is 13.7. The summed E-state index contributed by atoms with van der Waals surface area (Å²) in [6, 6.07) is 13.5. The number of H-pyrrole nitrogens is 1. The van der Waals surface area contributed by atoms with Crippen molar-refractivity contribution >= 4 is 29.2 Å². The Morgan fingerprint density at radius 3 is 2.59 bits per heavy atom. The number of nitrogens with two attached hydrogens (primary N) is 1. The summed E-state index contributed by atoms with van der Waals surface area (Å²) in [6.07, 6.45) is 0. The normalized spacial score (nSPS) is 10.6. The van der Waals surface area contributed by atoms with Gasteiger partial charge in [0.15, 0.2) is 11.0 Å². The van der Waals surface area contributed by atoms with E-state index >= 15 is 0 Å². The molecule has 4 N–H and O–H groups in total. The van der Waals surface area contributed by atoms with Crippen LogP contribution in [0.3, 0.4) is 0 Å². The van der Waals surface area contributed by atoms with Crippen LogP contribution in [0.5, 0.6) is 0 Å². The van der Waals surface area contributed by atoms with Crippen LogP contribution < -0.4 is 16.6 Å². The molecule has 1 heterocycles. The minimum atomic E-state index is -0.771. The van der Waals surface area contributed by atoms with Crippen molar-refractivity contribution in [3.05, 3.63) is 81.4 Å². The number of nitrogens with one attached hydrogen (secondary N) is 2. The van der Waals surface area contributed by atoms with Crippen LogP contribution in [0.1, 0.15) is 21.5 Å². The molecule has 138 valence electrons. The Morgan fingerprint density at radius 1 is 1.22 bits per heavy atom. The maximum atomic E-state index is 13.7. The lowest BCUT2D eigenvalue weighted by atomic mass is 10.2. The van der Waals surface area contributed by atoms with Gasteiger partial charge < -0.3 is 11.1 Å². The van der Waals surface area contributed by atoms with Gasteiger partial charge in [-0.1, -0.05) is 53.7 Å². The number of rotatable bonds is 5. The number of hydrogen-bond donors (Lipinski definition) is 3. The number of aromatic nitrogens is 2. The molecule has 1 aromatic heterocycles. The van der Waals surface area contributed by atoms with Gasteiger partial charge >= 0.3 is 0 Å². The van der Waals surface area contributed by atoms with Gasteiger partial charge in [0.2, 0.25) is 0 Å². The van der Waals surface area contributed by atoms with Crippen LogP contribution in [-0.2, 0) is 5.75 Å². The predicted molar refractivity (Wildman–Crippen MR) is 104 cm³/mol. The molecular weight excluding hydrogens is 367 g/mol. The maximum absolute atomic E-state index is 13.7. The van der Waals surface area contributed by atoms with E-state index in [4.69, 9.17) is 5.73 Å². The minimum Gasteiger partial charge on any atom is -0.382 e. The van der Waals surface area contributed by atoms with Crippen molar-refractivity contribution in [2.24, 2.45) is 0 Å². The molecule has 8 heteroatoms. The van der Waals surface area contributed by atoms with Gasteiger partial charge in [-0.15, -0.1) is 0 Å². The molecule has 0 fully saturated rings. The highest BCUT2D eigenvalue weighted by molar-refractivity contribution is 7.98. The van der Waals surface area contributed by atoms with E-state index in [0.29, 0.717) is 10.9 Å². The number of benzene rings is 2. The van der Waals surface area contributed by atoms with Crippen LogP contribution >= 0.6 is 11.8 Å². The second-order valence-corrected chi connectivity index (χ2v) is 6.80. The van der Waals surface area contributed by atoms with Crippen molar-refractivity contribution < 1.29 is 9.18 Å². The topological polar surface area (TPSA) is 101 Å². The molecule has 27 heavy (non-hydrogen) atoms. The molecule has 0 aliphatic rings. The van der Waals surface area contributed by atoms with E-state index in [9.17, 15) is 14.0 Å². The third-order valence-electron chi connectivity index (χ3n) is 3.78. The Balaban J connectivity index is 1.75. The lowest BCUT2D eigenvalue weighted by molar-refractivity contribution is 0.102.